The van der Waals surface area contributed by atoms with E-state index in [1.807, 2.05) is 6.07 Å². The van der Waals surface area contributed by atoms with Crippen LogP contribution in [0.1, 0.15) is 29.2 Å². The van der Waals surface area contributed by atoms with E-state index in [1.54, 1.807) is 25.1 Å². The molecule has 5 nitrogen and oxygen atoms in total. The molecular weight excluding hydrogens is 333 g/mol. The lowest BCUT2D eigenvalue weighted by atomic mass is 10.2. The van der Waals surface area contributed by atoms with E-state index in [0.717, 1.165) is 0 Å². The normalized spacial score (nSPS) is 12.0. The Morgan fingerprint density at radius 1 is 1.21 bits per heavy atom. The minimum atomic E-state index is -0.508. The van der Waals surface area contributed by atoms with Gasteiger partial charge in [-0.25, -0.2) is 4.39 Å². The molecule has 1 amide bonds. The van der Waals surface area contributed by atoms with E-state index in [2.05, 4.69) is 15.5 Å². The molecule has 3 aromatic rings. The molecule has 0 spiro atoms. The highest BCUT2D eigenvalue weighted by Gasteiger charge is 2.19. The SMILES string of the molecule is C[C@@H](NC(=O)c1ccc(F)cc1)c1nc(-c2ccccc2Cl)no1. The maximum Gasteiger partial charge on any atom is 0.251 e. The van der Waals surface area contributed by atoms with E-state index >= 15 is 0 Å². The van der Waals surface area contributed by atoms with Crippen molar-refractivity contribution in [1.82, 2.24) is 15.5 Å². The topological polar surface area (TPSA) is 68.0 Å². The van der Waals surface area contributed by atoms with Gasteiger partial charge in [-0.3, -0.25) is 4.79 Å². The fourth-order valence-electron chi connectivity index (χ4n) is 2.11. The number of halogens is 2. The molecule has 24 heavy (non-hydrogen) atoms. The number of nitrogens with one attached hydrogen (secondary N) is 1. The Kier molecular flexibility index (Phi) is 4.57. The molecule has 1 N–H and O–H groups in total. The van der Waals surface area contributed by atoms with Crippen molar-refractivity contribution in [3.8, 4) is 11.4 Å². The summed E-state index contributed by atoms with van der Waals surface area (Å²) in [6.45, 7) is 1.71. The van der Waals surface area contributed by atoms with Crippen LogP contribution in [0.25, 0.3) is 11.4 Å². The molecule has 1 aromatic heterocycles. The molecule has 7 heteroatoms. The summed E-state index contributed by atoms with van der Waals surface area (Å²) >= 11 is 6.10. The summed E-state index contributed by atoms with van der Waals surface area (Å²) in [5, 5.41) is 7.12. The predicted octanol–water partition coefficient (Wildman–Crippen LogP) is 4.02. The first-order valence-electron chi connectivity index (χ1n) is 7.19. The summed E-state index contributed by atoms with van der Waals surface area (Å²) < 4.78 is 18.1. The van der Waals surface area contributed by atoms with Crippen LogP contribution in [0.5, 0.6) is 0 Å². The van der Waals surface area contributed by atoms with Gasteiger partial charge < -0.3 is 9.84 Å². The maximum atomic E-state index is 12.9. The van der Waals surface area contributed by atoms with Crippen LogP contribution in [-0.2, 0) is 0 Å². The van der Waals surface area contributed by atoms with Gasteiger partial charge >= 0.3 is 0 Å². The first-order chi connectivity index (χ1) is 11.5. The molecule has 122 valence electrons. The van der Waals surface area contributed by atoms with Crippen LogP contribution in [-0.4, -0.2) is 16.0 Å². The molecule has 0 radical (unpaired) electrons. The summed E-state index contributed by atoms with van der Waals surface area (Å²) in [4.78, 5) is 16.4. The van der Waals surface area contributed by atoms with E-state index in [0.29, 0.717) is 22.0 Å². The average Bonchev–Trinajstić information content (AvgIpc) is 3.05. The standard InChI is InChI=1S/C17H13ClFN3O2/c1-10(20-16(23)11-6-8-12(19)9-7-11)17-21-15(22-24-17)13-4-2-3-5-14(13)18/h2-10H,1H3,(H,20,23)/t10-/m1/s1. The van der Waals surface area contributed by atoms with E-state index in [9.17, 15) is 9.18 Å². The highest BCUT2D eigenvalue weighted by Crippen LogP contribution is 2.26. The van der Waals surface area contributed by atoms with Crippen LogP contribution >= 0.6 is 11.6 Å². The Morgan fingerprint density at radius 2 is 1.92 bits per heavy atom. The van der Waals surface area contributed by atoms with Crippen LogP contribution in [0.3, 0.4) is 0 Å². The van der Waals surface area contributed by atoms with Gasteiger partial charge in [-0.1, -0.05) is 28.9 Å². The highest BCUT2D eigenvalue weighted by molar-refractivity contribution is 6.33. The van der Waals surface area contributed by atoms with Crippen LogP contribution < -0.4 is 5.32 Å². The molecular formula is C17H13ClFN3O2. The molecule has 3 rings (SSSR count). The van der Waals surface area contributed by atoms with E-state index in [-0.39, 0.29) is 11.8 Å². The first-order valence-corrected chi connectivity index (χ1v) is 7.57. The minimum Gasteiger partial charge on any atom is -0.341 e. The second-order valence-electron chi connectivity index (χ2n) is 5.14. The third-order valence-electron chi connectivity index (χ3n) is 3.38. The number of benzene rings is 2. The zero-order valence-corrected chi connectivity index (χ0v) is 13.4. The second kappa shape index (κ2) is 6.80. The Morgan fingerprint density at radius 3 is 2.62 bits per heavy atom. The number of hydrogen-bond donors (Lipinski definition) is 1. The van der Waals surface area contributed by atoms with Gasteiger partial charge in [0, 0.05) is 11.1 Å². The van der Waals surface area contributed by atoms with E-state index in [4.69, 9.17) is 16.1 Å². The Hall–Kier alpha value is -2.73. The molecule has 1 atom stereocenters. The monoisotopic (exact) mass is 345 g/mol. The van der Waals surface area contributed by atoms with Gasteiger partial charge in [0.1, 0.15) is 11.9 Å². The summed E-state index contributed by atoms with van der Waals surface area (Å²) in [6.07, 6.45) is 0. The Labute approximate surface area is 142 Å². The smallest absolute Gasteiger partial charge is 0.251 e. The number of hydrogen-bond acceptors (Lipinski definition) is 4. The molecule has 0 aliphatic rings. The number of amides is 1. The van der Waals surface area contributed by atoms with Gasteiger partial charge in [-0.2, -0.15) is 4.98 Å². The lowest BCUT2D eigenvalue weighted by Crippen LogP contribution is -2.26. The van der Waals surface area contributed by atoms with Crippen LogP contribution in [0.2, 0.25) is 5.02 Å². The summed E-state index contributed by atoms with van der Waals surface area (Å²) in [5.41, 5.74) is 0.986. The third kappa shape index (κ3) is 3.44. The highest BCUT2D eigenvalue weighted by atomic mass is 35.5. The minimum absolute atomic E-state index is 0.250. The van der Waals surface area contributed by atoms with Crippen molar-refractivity contribution in [2.75, 3.05) is 0 Å². The zero-order chi connectivity index (χ0) is 17.1. The van der Waals surface area contributed by atoms with Crippen molar-refractivity contribution in [2.45, 2.75) is 13.0 Å². The van der Waals surface area contributed by atoms with Gasteiger partial charge in [-0.15, -0.1) is 0 Å². The molecule has 0 aliphatic carbocycles. The Balaban J connectivity index is 1.74. The first kappa shape index (κ1) is 16.1. The summed E-state index contributed by atoms with van der Waals surface area (Å²) in [7, 11) is 0. The molecule has 0 saturated carbocycles. The number of rotatable bonds is 4. The van der Waals surface area contributed by atoms with Gasteiger partial charge in [0.05, 0.1) is 5.02 Å². The van der Waals surface area contributed by atoms with Gasteiger partial charge in [0.25, 0.3) is 5.91 Å². The van der Waals surface area contributed by atoms with Crippen LogP contribution in [0.4, 0.5) is 4.39 Å². The lowest BCUT2D eigenvalue weighted by Gasteiger charge is -2.09. The molecule has 2 aromatic carbocycles. The number of carbonyl (C=O) groups is 1. The third-order valence-corrected chi connectivity index (χ3v) is 3.71. The van der Waals surface area contributed by atoms with Crippen molar-refractivity contribution in [3.63, 3.8) is 0 Å². The Bertz CT molecular complexity index is 864. The van der Waals surface area contributed by atoms with Crippen molar-refractivity contribution in [3.05, 3.63) is 70.8 Å². The molecule has 0 saturated heterocycles. The summed E-state index contributed by atoms with van der Waals surface area (Å²) in [5.74, 6) is -0.167. The van der Waals surface area contributed by atoms with Gasteiger partial charge in [0.15, 0.2) is 0 Å². The van der Waals surface area contributed by atoms with Crippen molar-refractivity contribution < 1.29 is 13.7 Å². The molecule has 0 unspecified atom stereocenters. The van der Waals surface area contributed by atoms with Crippen molar-refractivity contribution in [1.29, 1.82) is 0 Å². The predicted molar refractivity (Wildman–Crippen MR) is 87.0 cm³/mol. The van der Waals surface area contributed by atoms with Gasteiger partial charge in [-0.05, 0) is 43.3 Å². The quantitative estimate of drug-likeness (QED) is 0.775. The fraction of sp³-hybridized carbons (Fsp3) is 0.118. The number of aromatic nitrogens is 2. The van der Waals surface area contributed by atoms with Crippen LogP contribution in [0, 0.1) is 5.82 Å². The molecule has 0 fully saturated rings. The van der Waals surface area contributed by atoms with Crippen molar-refractivity contribution in [2.24, 2.45) is 0 Å². The van der Waals surface area contributed by atoms with Crippen molar-refractivity contribution >= 4 is 17.5 Å². The van der Waals surface area contributed by atoms with Crippen LogP contribution in [0.15, 0.2) is 53.1 Å². The fourth-order valence-corrected chi connectivity index (χ4v) is 2.33. The number of carbonyl (C=O) groups excluding carboxylic acids is 1. The van der Waals surface area contributed by atoms with E-state index in [1.165, 1.54) is 24.3 Å². The molecule has 0 aliphatic heterocycles. The van der Waals surface area contributed by atoms with Gasteiger partial charge in [0.2, 0.25) is 11.7 Å². The lowest BCUT2D eigenvalue weighted by molar-refractivity contribution is 0.0932. The summed E-state index contributed by atoms with van der Waals surface area (Å²) in [6, 6.07) is 11.9. The average molecular weight is 346 g/mol. The second-order valence-corrected chi connectivity index (χ2v) is 5.55. The van der Waals surface area contributed by atoms with E-state index < -0.39 is 11.9 Å². The molecule has 1 heterocycles. The maximum absolute atomic E-state index is 12.9. The number of nitrogens with zero attached hydrogens (tertiary/aromatic N) is 2. The zero-order valence-electron chi connectivity index (χ0n) is 12.7. The molecule has 0 bridgehead atoms. The largest absolute Gasteiger partial charge is 0.341 e.